The van der Waals surface area contributed by atoms with Crippen molar-refractivity contribution in [3.63, 3.8) is 0 Å². The summed E-state index contributed by atoms with van der Waals surface area (Å²) in [5.74, 6) is 1.28. The highest BCUT2D eigenvalue weighted by Crippen LogP contribution is 2.29. The zero-order valence-electron chi connectivity index (χ0n) is 11.6. The van der Waals surface area contributed by atoms with Gasteiger partial charge in [0.2, 0.25) is 0 Å². The number of rotatable bonds is 4. The predicted octanol–water partition coefficient (Wildman–Crippen LogP) is 1.78. The van der Waals surface area contributed by atoms with E-state index in [2.05, 4.69) is 33.9 Å². The molecule has 2 rings (SSSR count). The topological polar surface area (TPSA) is 49.3 Å². The van der Waals surface area contributed by atoms with E-state index < -0.39 is 0 Å². The third-order valence-electron chi connectivity index (χ3n) is 3.33. The quantitative estimate of drug-likeness (QED) is 0.622. The first kappa shape index (κ1) is 14.2. The Morgan fingerprint density at radius 3 is 2.84 bits per heavy atom. The van der Waals surface area contributed by atoms with Crippen LogP contribution in [0.2, 0.25) is 5.15 Å². The van der Waals surface area contributed by atoms with E-state index in [9.17, 15) is 4.79 Å². The van der Waals surface area contributed by atoms with Crippen LogP contribution in [-0.2, 0) is 0 Å². The summed E-state index contributed by atoms with van der Waals surface area (Å²) in [6, 6.07) is 0.374. The normalized spacial score (nSPS) is 19.2. The number of aldehydes is 1. The van der Waals surface area contributed by atoms with Crippen molar-refractivity contribution in [3.8, 4) is 0 Å². The van der Waals surface area contributed by atoms with Crippen molar-refractivity contribution in [2.24, 2.45) is 0 Å². The molecule has 0 bridgehead atoms. The molecular weight excluding hydrogens is 264 g/mol. The standard InChI is InChI=1S/C13H19ClN4O/c1-9-15-12(14)11(8-19)13(16-9)18-6-4-5-10(18)7-17(2)3/h8,10H,4-7H2,1-3H3. The van der Waals surface area contributed by atoms with E-state index in [1.165, 1.54) is 0 Å². The van der Waals surface area contributed by atoms with Gasteiger partial charge in [0.1, 0.15) is 16.8 Å². The van der Waals surface area contributed by atoms with Gasteiger partial charge in [0, 0.05) is 19.1 Å². The van der Waals surface area contributed by atoms with Crippen LogP contribution < -0.4 is 4.90 Å². The summed E-state index contributed by atoms with van der Waals surface area (Å²) >= 11 is 6.05. The summed E-state index contributed by atoms with van der Waals surface area (Å²) in [6.07, 6.45) is 2.97. The van der Waals surface area contributed by atoms with Crippen molar-refractivity contribution in [2.45, 2.75) is 25.8 Å². The fraction of sp³-hybridized carbons (Fsp3) is 0.615. The molecule has 0 amide bonds. The van der Waals surface area contributed by atoms with Gasteiger partial charge >= 0.3 is 0 Å². The van der Waals surface area contributed by atoms with Crippen LogP contribution in [0.1, 0.15) is 29.0 Å². The van der Waals surface area contributed by atoms with E-state index in [1.807, 2.05) is 0 Å². The molecule has 0 aromatic carbocycles. The molecule has 1 saturated heterocycles. The van der Waals surface area contributed by atoms with Gasteiger partial charge in [0.15, 0.2) is 6.29 Å². The Bertz CT molecular complexity index is 478. The largest absolute Gasteiger partial charge is 0.352 e. The molecular formula is C13H19ClN4O. The molecule has 0 radical (unpaired) electrons. The Labute approximate surface area is 118 Å². The summed E-state index contributed by atoms with van der Waals surface area (Å²) in [6.45, 7) is 3.64. The highest BCUT2D eigenvalue weighted by atomic mass is 35.5. The van der Waals surface area contributed by atoms with Crippen LogP contribution >= 0.6 is 11.6 Å². The van der Waals surface area contributed by atoms with Crippen molar-refractivity contribution in [3.05, 3.63) is 16.5 Å². The van der Waals surface area contributed by atoms with E-state index >= 15 is 0 Å². The van der Waals surface area contributed by atoms with Gasteiger partial charge in [-0.2, -0.15) is 0 Å². The zero-order valence-corrected chi connectivity index (χ0v) is 12.3. The molecule has 1 unspecified atom stereocenters. The fourth-order valence-electron chi connectivity index (χ4n) is 2.58. The minimum absolute atomic E-state index is 0.244. The van der Waals surface area contributed by atoms with E-state index in [-0.39, 0.29) is 5.15 Å². The van der Waals surface area contributed by atoms with E-state index in [4.69, 9.17) is 11.6 Å². The summed E-state index contributed by atoms with van der Waals surface area (Å²) in [7, 11) is 4.10. The van der Waals surface area contributed by atoms with Gasteiger partial charge in [-0.25, -0.2) is 9.97 Å². The van der Waals surface area contributed by atoms with Crippen LogP contribution in [0.5, 0.6) is 0 Å². The first-order valence-corrected chi connectivity index (χ1v) is 6.81. The number of aryl methyl sites for hydroxylation is 1. The van der Waals surface area contributed by atoms with E-state index in [0.29, 0.717) is 23.2 Å². The predicted molar refractivity (Wildman–Crippen MR) is 76.1 cm³/mol. The number of nitrogens with zero attached hydrogens (tertiary/aromatic N) is 4. The molecule has 0 saturated carbocycles. The molecule has 1 aliphatic heterocycles. The van der Waals surface area contributed by atoms with Crippen molar-refractivity contribution in [1.29, 1.82) is 0 Å². The average molecular weight is 283 g/mol. The minimum Gasteiger partial charge on any atom is -0.352 e. The number of carbonyl (C=O) groups excluding carboxylic acids is 1. The lowest BCUT2D eigenvalue weighted by molar-refractivity contribution is 0.112. The highest BCUT2D eigenvalue weighted by Gasteiger charge is 2.29. The van der Waals surface area contributed by atoms with E-state index in [1.54, 1.807) is 6.92 Å². The molecule has 0 aliphatic carbocycles. The number of hydrogen-bond acceptors (Lipinski definition) is 5. The van der Waals surface area contributed by atoms with Crippen LogP contribution in [0.25, 0.3) is 0 Å². The number of aromatic nitrogens is 2. The van der Waals surface area contributed by atoms with Crippen LogP contribution in [0.4, 0.5) is 5.82 Å². The van der Waals surface area contributed by atoms with E-state index in [0.717, 1.165) is 32.2 Å². The Hall–Kier alpha value is -1.20. The van der Waals surface area contributed by atoms with Crippen molar-refractivity contribution >= 4 is 23.7 Å². The molecule has 1 aromatic rings. The van der Waals surface area contributed by atoms with Crippen molar-refractivity contribution in [1.82, 2.24) is 14.9 Å². The molecule has 2 heterocycles. The van der Waals surface area contributed by atoms with Crippen LogP contribution in [0.3, 0.4) is 0 Å². The Kier molecular flexibility index (Phi) is 4.37. The van der Waals surface area contributed by atoms with Crippen LogP contribution in [0.15, 0.2) is 0 Å². The lowest BCUT2D eigenvalue weighted by Gasteiger charge is -2.29. The molecule has 5 nitrogen and oxygen atoms in total. The monoisotopic (exact) mass is 282 g/mol. The maximum atomic E-state index is 11.2. The summed E-state index contributed by atoms with van der Waals surface area (Å²) in [4.78, 5) is 24.1. The Balaban J connectivity index is 2.37. The first-order chi connectivity index (χ1) is 9.02. The lowest BCUT2D eigenvalue weighted by Crippen LogP contribution is -2.38. The number of carbonyl (C=O) groups is 1. The third kappa shape index (κ3) is 3.04. The third-order valence-corrected chi connectivity index (χ3v) is 3.62. The van der Waals surface area contributed by atoms with Gasteiger partial charge in [-0.05, 0) is 33.9 Å². The molecule has 19 heavy (non-hydrogen) atoms. The van der Waals surface area contributed by atoms with Crippen LogP contribution in [0, 0.1) is 6.92 Å². The van der Waals surface area contributed by atoms with Crippen LogP contribution in [-0.4, -0.2) is 54.4 Å². The van der Waals surface area contributed by atoms with Gasteiger partial charge in [0.25, 0.3) is 0 Å². The minimum atomic E-state index is 0.244. The molecule has 1 fully saturated rings. The second-order valence-electron chi connectivity index (χ2n) is 5.17. The second kappa shape index (κ2) is 5.84. The molecule has 1 aliphatic rings. The number of likely N-dealkylation sites (N-methyl/N-ethyl adjacent to an activating group) is 1. The summed E-state index contributed by atoms with van der Waals surface area (Å²) < 4.78 is 0. The molecule has 104 valence electrons. The zero-order chi connectivity index (χ0) is 14.0. The number of hydrogen-bond donors (Lipinski definition) is 0. The maximum absolute atomic E-state index is 11.2. The summed E-state index contributed by atoms with van der Waals surface area (Å²) in [5.41, 5.74) is 0.401. The SMILES string of the molecule is Cc1nc(Cl)c(C=O)c(N2CCCC2CN(C)C)n1. The fourth-order valence-corrected chi connectivity index (χ4v) is 2.83. The van der Waals surface area contributed by atoms with Gasteiger partial charge < -0.3 is 9.80 Å². The molecule has 0 N–H and O–H groups in total. The molecule has 0 spiro atoms. The van der Waals surface area contributed by atoms with Gasteiger partial charge in [-0.3, -0.25) is 4.79 Å². The maximum Gasteiger partial charge on any atom is 0.156 e. The molecule has 1 atom stereocenters. The molecule has 1 aromatic heterocycles. The number of halogens is 1. The first-order valence-electron chi connectivity index (χ1n) is 6.43. The van der Waals surface area contributed by atoms with Crippen molar-refractivity contribution < 1.29 is 4.79 Å². The Morgan fingerprint density at radius 1 is 1.47 bits per heavy atom. The average Bonchev–Trinajstić information content (AvgIpc) is 2.75. The van der Waals surface area contributed by atoms with Gasteiger partial charge in [-0.15, -0.1) is 0 Å². The lowest BCUT2D eigenvalue weighted by atomic mass is 10.2. The molecule has 6 heteroatoms. The van der Waals surface area contributed by atoms with Gasteiger partial charge in [-0.1, -0.05) is 11.6 Å². The Morgan fingerprint density at radius 2 is 2.21 bits per heavy atom. The number of anilines is 1. The van der Waals surface area contributed by atoms with Gasteiger partial charge in [0.05, 0.1) is 5.56 Å². The van der Waals surface area contributed by atoms with Crippen molar-refractivity contribution in [2.75, 3.05) is 32.1 Å². The second-order valence-corrected chi connectivity index (χ2v) is 5.53. The summed E-state index contributed by atoms with van der Waals surface area (Å²) in [5, 5.41) is 0.244. The highest BCUT2D eigenvalue weighted by molar-refractivity contribution is 6.32. The smallest absolute Gasteiger partial charge is 0.156 e.